The largest absolute Gasteiger partial charge is 0.325 e. The highest BCUT2D eigenvalue weighted by Gasteiger charge is 2.40. The van der Waals surface area contributed by atoms with Gasteiger partial charge in [-0.3, -0.25) is 14.4 Å². The van der Waals surface area contributed by atoms with Crippen molar-refractivity contribution in [3.05, 3.63) is 71.8 Å². The van der Waals surface area contributed by atoms with E-state index < -0.39 is 5.25 Å². The lowest BCUT2D eigenvalue weighted by Crippen LogP contribution is -2.31. The fourth-order valence-electron chi connectivity index (χ4n) is 3.26. The van der Waals surface area contributed by atoms with Crippen LogP contribution in [0.4, 0.5) is 11.4 Å². The zero-order valence-corrected chi connectivity index (χ0v) is 16.9. The van der Waals surface area contributed by atoms with Gasteiger partial charge in [-0.2, -0.15) is 0 Å². The summed E-state index contributed by atoms with van der Waals surface area (Å²) in [5.74, 6) is -0.739. The maximum atomic E-state index is 12.7. The maximum absolute atomic E-state index is 12.7. The highest BCUT2D eigenvalue weighted by Crippen LogP contribution is 2.31. The molecule has 1 saturated heterocycles. The van der Waals surface area contributed by atoms with Gasteiger partial charge < -0.3 is 5.32 Å². The van der Waals surface area contributed by atoms with Crippen LogP contribution in [0, 0.1) is 0 Å². The van der Waals surface area contributed by atoms with Crippen molar-refractivity contribution in [1.29, 1.82) is 0 Å². The van der Waals surface area contributed by atoms with Gasteiger partial charge in [0.1, 0.15) is 0 Å². The van der Waals surface area contributed by atoms with E-state index in [-0.39, 0.29) is 29.9 Å². The van der Waals surface area contributed by atoms with Crippen LogP contribution < -0.4 is 10.2 Å². The number of rotatable bonds is 5. The molecule has 1 aliphatic heterocycles. The molecule has 1 atom stereocenters. The molecule has 0 aromatic heterocycles. The predicted molar refractivity (Wildman–Crippen MR) is 117 cm³/mol. The van der Waals surface area contributed by atoms with Crippen LogP contribution in [0.5, 0.6) is 0 Å². The molecule has 5 nitrogen and oxygen atoms in total. The van der Waals surface area contributed by atoms with Crippen LogP contribution in [0.25, 0.3) is 10.8 Å². The third-order valence-electron chi connectivity index (χ3n) is 4.62. The van der Waals surface area contributed by atoms with E-state index in [1.54, 1.807) is 24.3 Å². The molecule has 3 aromatic rings. The van der Waals surface area contributed by atoms with Gasteiger partial charge in [-0.05, 0) is 41.1 Å². The van der Waals surface area contributed by atoms with Crippen molar-refractivity contribution in [3.8, 4) is 0 Å². The van der Waals surface area contributed by atoms with Crippen molar-refractivity contribution in [3.63, 3.8) is 0 Å². The Labute approximate surface area is 177 Å². The second-order valence-electron chi connectivity index (χ2n) is 6.66. The van der Waals surface area contributed by atoms with Crippen molar-refractivity contribution in [1.82, 2.24) is 0 Å². The zero-order valence-electron chi connectivity index (χ0n) is 15.3. The van der Waals surface area contributed by atoms with Crippen LogP contribution in [0.1, 0.15) is 6.42 Å². The van der Waals surface area contributed by atoms with Gasteiger partial charge in [-0.1, -0.05) is 48.0 Å². The number of nitrogens with one attached hydrogen (secondary N) is 1. The molecule has 29 heavy (non-hydrogen) atoms. The van der Waals surface area contributed by atoms with Crippen LogP contribution in [-0.4, -0.2) is 28.7 Å². The Morgan fingerprint density at radius 1 is 1.03 bits per heavy atom. The summed E-state index contributed by atoms with van der Waals surface area (Å²) >= 11 is 7.14. The summed E-state index contributed by atoms with van der Waals surface area (Å²) in [7, 11) is 0. The van der Waals surface area contributed by atoms with Gasteiger partial charge in [-0.15, -0.1) is 11.8 Å². The summed E-state index contributed by atoms with van der Waals surface area (Å²) < 4.78 is 0. The number of thioether (sulfide) groups is 1. The third kappa shape index (κ3) is 4.28. The van der Waals surface area contributed by atoms with Gasteiger partial charge in [0.2, 0.25) is 17.7 Å². The minimum Gasteiger partial charge on any atom is -0.325 e. The summed E-state index contributed by atoms with van der Waals surface area (Å²) in [5, 5.41) is 4.85. The Morgan fingerprint density at radius 2 is 1.83 bits per heavy atom. The topological polar surface area (TPSA) is 66.5 Å². The molecule has 0 bridgehead atoms. The number of imide groups is 1. The van der Waals surface area contributed by atoms with E-state index in [4.69, 9.17) is 11.6 Å². The third-order valence-corrected chi connectivity index (χ3v) is 6.06. The van der Waals surface area contributed by atoms with Gasteiger partial charge in [0.25, 0.3) is 0 Å². The molecular weight excluding hydrogens is 408 g/mol. The van der Waals surface area contributed by atoms with E-state index in [0.717, 1.165) is 15.7 Å². The number of fused-ring (bicyclic) bond motifs is 1. The minimum absolute atomic E-state index is 0.0687. The molecule has 0 spiro atoms. The summed E-state index contributed by atoms with van der Waals surface area (Å²) in [6.07, 6.45) is 0.0687. The Hall–Kier alpha value is -2.83. The average Bonchev–Trinajstić information content (AvgIpc) is 2.99. The Balaban J connectivity index is 1.37. The number of nitrogens with zero attached hydrogens (tertiary/aromatic N) is 1. The van der Waals surface area contributed by atoms with Crippen LogP contribution in [0.15, 0.2) is 66.7 Å². The molecule has 4 rings (SSSR count). The normalized spacial score (nSPS) is 16.4. The average molecular weight is 425 g/mol. The highest BCUT2D eigenvalue weighted by molar-refractivity contribution is 8.01. The van der Waals surface area contributed by atoms with E-state index >= 15 is 0 Å². The lowest BCUT2D eigenvalue weighted by molar-refractivity contribution is -0.121. The molecule has 7 heteroatoms. The van der Waals surface area contributed by atoms with E-state index in [2.05, 4.69) is 5.32 Å². The first-order valence-electron chi connectivity index (χ1n) is 9.04. The molecule has 0 aliphatic carbocycles. The smallest absolute Gasteiger partial charge is 0.247 e. The second-order valence-corrected chi connectivity index (χ2v) is 8.29. The molecule has 1 N–H and O–H groups in total. The van der Waals surface area contributed by atoms with Gasteiger partial charge in [0, 0.05) is 17.1 Å². The van der Waals surface area contributed by atoms with E-state index in [9.17, 15) is 14.4 Å². The van der Waals surface area contributed by atoms with Crippen molar-refractivity contribution in [2.24, 2.45) is 0 Å². The maximum Gasteiger partial charge on any atom is 0.247 e. The number of hydrogen-bond acceptors (Lipinski definition) is 4. The molecule has 1 fully saturated rings. The first-order valence-corrected chi connectivity index (χ1v) is 10.5. The summed E-state index contributed by atoms with van der Waals surface area (Å²) in [4.78, 5) is 38.4. The number of amides is 3. The van der Waals surface area contributed by atoms with Gasteiger partial charge in [0.15, 0.2) is 0 Å². The molecule has 3 aromatic carbocycles. The van der Waals surface area contributed by atoms with Gasteiger partial charge in [-0.25, -0.2) is 4.90 Å². The highest BCUT2D eigenvalue weighted by atomic mass is 35.5. The zero-order chi connectivity index (χ0) is 20.4. The van der Waals surface area contributed by atoms with Gasteiger partial charge >= 0.3 is 0 Å². The van der Waals surface area contributed by atoms with E-state index in [0.29, 0.717) is 16.4 Å². The van der Waals surface area contributed by atoms with Crippen molar-refractivity contribution < 1.29 is 14.4 Å². The number of hydrogen-bond donors (Lipinski definition) is 1. The second kappa shape index (κ2) is 8.27. The Kier molecular flexibility index (Phi) is 5.56. The number of benzene rings is 3. The van der Waals surface area contributed by atoms with Crippen LogP contribution in [0.3, 0.4) is 0 Å². The van der Waals surface area contributed by atoms with Crippen LogP contribution in [0.2, 0.25) is 5.02 Å². The standard InChI is InChI=1S/C22H17ClN2O3S/c23-16-6-3-7-18(11-16)25-21(27)12-19(22(25)28)29-13-20(26)24-17-9-8-14-4-1-2-5-15(14)10-17/h1-11,19H,12-13H2,(H,24,26). The summed E-state index contributed by atoms with van der Waals surface area (Å²) in [6.45, 7) is 0. The Bertz CT molecular complexity index is 1120. The van der Waals surface area contributed by atoms with Crippen LogP contribution >= 0.6 is 23.4 Å². The number of carbonyl (C=O) groups is 3. The minimum atomic E-state index is -0.580. The van der Waals surface area contributed by atoms with Crippen molar-refractivity contribution >= 4 is 63.2 Å². The molecule has 3 amide bonds. The van der Waals surface area contributed by atoms with Gasteiger partial charge in [0.05, 0.1) is 16.7 Å². The SMILES string of the molecule is O=C(CSC1CC(=O)N(c2cccc(Cl)c2)C1=O)Nc1ccc2ccccc2c1. The van der Waals surface area contributed by atoms with Crippen molar-refractivity contribution in [2.75, 3.05) is 16.0 Å². The lowest BCUT2D eigenvalue weighted by atomic mass is 10.1. The summed E-state index contributed by atoms with van der Waals surface area (Å²) in [5.41, 5.74) is 1.15. The molecule has 0 saturated carbocycles. The molecule has 1 aliphatic rings. The summed E-state index contributed by atoms with van der Waals surface area (Å²) in [6, 6.07) is 20.2. The molecular formula is C22H17ClN2O3S. The number of halogens is 1. The van der Waals surface area contributed by atoms with Crippen LogP contribution in [-0.2, 0) is 14.4 Å². The quantitative estimate of drug-likeness (QED) is 0.612. The fourth-order valence-corrected chi connectivity index (χ4v) is 4.38. The Morgan fingerprint density at radius 3 is 2.62 bits per heavy atom. The monoisotopic (exact) mass is 424 g/mol. The molecule has 1 heterocycles. The van der Waals surface area contributed by atoms with E-state index in [1.807, 2.05) is 42.5 Å². The predicted octanol–water partition coefficient (Wildman–Crippen LogP) is 4.50. The first-order chi connectivity index (χ1) is 14.0. The molecule has 146 valence electrons. The van der Waals surface area contributed by atoms with Crippen molar-refractivity contribution in [2.45, 2.75) is 11.7 Å². The first kappa shape index (κ1) is 19.5. The fraction of sp³-hybridized carbons (Fsp3) is 0.136. The number of carbonyl (C=O) groups excluding carboxylic acids is 3. The molecule has 0 radical (unpaired) electrons. The number of anilines is 2. The molecule has 1 unspecified atom stereocenters. The van der Waals surface area contributed by atoms with E-state index in [1.165, 1.54) is 11.8 Å². The lowest BCUT2D eigenvalue weighted by Gasteiger charge is -2.15.